The van der Waals surface area contributed by atoms with Crippen molar-refractivity contribution in [3.05, 3.63) is 12.2 Å². The zero-order chi connectivity index (χ0) is 12.6. The number of rotatable bonds is 3. The topological polar surface area (TPSA) is 46.6 Å². The Bertz CT molecular complexity index is 342. The lowest BCUT2D eigenvalue weighted by Crippen LogP contribution is -2.54. The smallest absolute Gasteiger partial charge is 0.302 e. The second-order valence-corrected chi connectivity index (χ2v) is 4.92. The van der Waals surface area contributed by atoms with Crippen molar-refractivity contribution in [1.29, 1.82) is 0 Å². The molecule has 0 saturated carbocycles. The molecule has 0 radical (unpaired) electrons. The maximum absolute atomic E-state index is 12.0. The summed E-state index contributed by atoms with van der Waals surface area (Å²) in [5.41, 5.74) is 0. The molecule has 2 bridgehead atoms. The lowest BCUT2D eigenvalue weighted by molar-refractivity contribution is -0.143. The minimum Gasteiger partial charge on any atom is -0.465 e. The molecule has 0 spiro atoms. The molecule has 0 aromatic rings. The third-order valence-corrected chi connectivity index (χ3v) is 3.85. The van der Waals surface area contributed by atoms with Crippen LogP contribution < -0.4 is 0 Å². The Kier molecular flexibility index (Phi) is 3.33. The zero-order valence-corrected chi connectivity index (χ0v) is 10.6. The van der Waals surface area contributed by atoms with Crippen LogP contribution in [0.1, 0.15) is 20.8 Å². The van der Waals surface area contributed by atoms with E-state index in [9.17, 15) is 9.59 Å². The molecule has 2 heterocycles. The number of esters is 1. The van der Waals surface area contributed by atoms with E-state index < -0.39 is 0 Å². The van der Waals surface area contributed by atoms with Crippen molar-refractivity contribution in [3.63, 3.8) is 0 Å². The summed E-state index contributed by atoms with van der Waals surface area (Å²) in [6, 6.07) is 0.360. The van der Waals surface area contributed by atoms with E-state index >= 15 is 0 Å². The third kappa shape index (κ3) is 2.14. The number of ether oxygens (including phenoxy) is 1. The third-order valence-electron chi connectivity index (χ3n) is 3.85. The highest BCUT2D eigenvalue weighted by atomic mass is 16.5. The molecule has 1 saturated heterocycles. The van der Waals surface area contributed by atoms with Crippen molar-refractivity contribution in [3.8, 4) is 0 Å². The average Bonchev–Trinajstić information content (AvgIpc) is 2.64. The van der Waals surface area contributed by atoms with Gasteiger partial charge in [-0.15, -0.1) is 0 Å². The van der Waals surface area contributed by atoms with Crippen molar-refractivity contribution >= 4 is 11.8 Å². The summed E-state index contributed by atoms with van der Waals surface area (Å²) >= 11 is 0. The molecule has 4 unspecified atom stereocenters. The number of nitrogens with zero attached hydrogens (tertiary/aromatic N) is 1. The minimum atomic E-state index is -0.250. The van der Waals surface area contributed by atoms with Crippen LogP contribution in [0, 0.1) is 11.8 Å². The fraction of sp³-hybridized carbons (Fsp3) is 0.692. The Balaban J connectivity index is 2.01. The number of hydrogen-bond donors (Lipinski definition) is 0. The Hall–Kier alpha value is -1.16. The standard InChI is InChI=1S/C13H19NO3/c1-8-11-4-5-12(9(2)13(8)16)14(11)6-7-17-10(3)15/h4-5,8-9,11-12H,6-7H2,1-3H3. The zero-order valence-electron chi connectivity index (χ0n) is 10.6. The van der Waals surface area contributed by atoms with Gasteiger partial charge in [0.25, 0.3) is 0 Å². The van der Waals surface area contributed by atoms with Crippen LogP contribution in [-0.2, 0) is 14.3 Å². The molecule has 0 aliphatic carbocycles. The fourth-order valence-corrected chi connectivity index (χ4v) is 2.90. The molecule has 0 N–H and O–H groups in total. The number of carbonyl (C=O) groups is 2. The maximum Gasteiger partial charge on any atom is 0.302 e. The molecule has 0 aromatic heterocycles. The van der Waals surface area contributed by atoms with E-state index in [0.29, 0.717) is 18.9 Å². The summed E-state index contributed by atoms with van der Waals surface area (Å²) < 4.78 is 4.97. The molecule has 0 aromatic carbocycles. The van der Waals surface area contributed by atoms with E-state index in [0.717, 1.165) is 0 Å². The fourth-order valence-electron chi connectivity index (χ4n) is 2.90. The lowest BCUT2D eigenvalue weighted by Gasteiger charge is -2.41. The Morgan fingerprint density at radius 1 is 1.29 bits per heavy atom. The second-order valence-electron chi connectivity index (χ2n) is 4.92. The van der Waals surface area contributed by atoms with Gasteiger partial charge in [0.15, 0.2) is 0 Å². The van der Waals surface area contributed by atoms with Crippen LogP contribution in [0.2, 0.25) is 0 Å². The molecule has 0 amide bonds. The normalized spacial score (nSPS) is 36.3. The van der Waals surface area contributed by atoms with Gasteiger partial charge in [-0.3, -0.25) is 14.5 Å². The molecule has 2 aliphatic rings. The molecular weight excluding hydrogens is 218 g/mol. The average molecular weight is 237 g/mol. The Morgan fingerprint density at radius 3 is 2.29 bits per heavy atom. The molecule has 94 valence electrons. The van der Waals surface area contributed by atoms with Crippen molar-refractivity contribution < 1.29 is 14.3 Å². The van der Waals surface area contributed by atoms with Gasteiger partial charge in [-0.2, -0.15) is 0 Å². The van der Waals surface area contributed by atoms with Crippen LogP contribution in [-0.4, -0.2) is 41.9 Å². The molecule has 17 heavy (non-hydrogen) atoms. The first-order valence-electron chi connectivity index (χ1n) is 6.13. The SMILES string of the molecule is CC(=O)OCCN1C2C=CC1C(C)C(=O)C2C. The molecule has 4 heteroatoms. The van der Waals surface area contributed by atoms with Crippen LogP contribution in [0.4, 0.5) is 0 Å². The van der Waals surface area contributed by atoms with Crippen LogP contribution >= 0.6 is 0 Å². The summed E-state index contributed by atoms with van der Waals surface area (Å²) in [7, 11) is 0. The lowest BCUT2D eigenvalue weighted by atomic mass is 9.83. The number of Topliss-reactive ketones (excluding diaryl/α,β-unsaturated/α-hetero) is 1. The van der Waals surface area contributed by atoms with Crippen LogP contribution in [0.5, 0.6) is 0 Å². The van der Waals surface area contributed by atoms with E-state index in [1.807, 2.05) is 13.8 Å². The highest BCUT2D eigenvalue weighted by Crippen LogP contribution is 2.35. The van der Waals surface area contributed by atoms with Gasteiger partial charge in [-0.1, -0.05) is 26.0 Å². The molecular formula is C13H19NO3. The predicted octanol–water partition coefficient (Wildman–Crippen LogP) is 1.01. The van der Waals surface area contributed by atoms with Crippen LogP contribution in [0.25, 0.3) is 0 Å². The first kappa shape index (κ1) is 12.3. The van der Waals surface area contributed by atoms with E-state index in [1.165, 1.54) is 6.92 Å². The van der Waals surface area contributed by atoms with Gasteiger partial charge < -0.3 is 4.74 Å². The van der Waals surface area contributed by atoms with Crippen LogP contribution in [0.15, 0.2) is 12.2 Å². The van der Waals surface area contributed by atoms with E-state index in [-0.39, 0.29) is 29.9 Å². The highest BCUT2D eigenvalue weighted by molar-refractivity contribution is 5.86. The van der Waals surface area contributed by atoms with Gasteiger partial charge in [0.1, 0.15) is 12.4 Å². The molecule has 4 nitrogen and oxygen atoms in total. The molecule has 4 atom stereocenters. The van der Waals surface area contributed by atoms with Crippen molar-refractivity contribution in [2.24, 2.45) is 11.8 Å². The summed E-state index contributed by atoms with van der Waals surface area (Å²) in [5, 5.41) is 0. The largest absolute Gasteiger partial charge is 0.465 e. The Labute approximate surface area is 102 Å². The number of ketones is 1. The van der Waals surface area contributed by atoms with E-state index in [2.05, 4.69) is 17.1 Å². The molecule has 2 rings (SSSR count). The van der Waals surface area contributed by atoms with Gasteiger partial charge in [-0.25, -0.2) is 0 Å². The maximum atomic E-state index is 12.0. The second kappa shape index (κ2) is 4.61. The number of piperidine rings is 1. The quantitative estimate of drug-likeness (QED) is 0.543. The van der Waals surface area contributed by atoms with Crippen LogP contribution in [0.3, 0.4) is 0 Å². The number of hydrogen-bond acceptors (Lipinski definition) is 4. The summed E-state index contributed by atoms with van der Waals surface area (Å²) in [6.07, 6.45) is 4.23. The minimum absolute atomic E-state index is 0.0392. The van der Waals surface area contributed by atoms with E-state index in [1.54, 1.807) is 0 Å². The molecule has 2 aliphatic heterocycles. The molecule has 1 fully saturated rings. The monoisotopic (exact) mass is 237 g/mol. The van der Waals surface area contributed by atoms with Gasteiger partial charge in [-0.05, 0) is 0 Å². The summed E-state index contributed by atoms with van der Waals surface area (Å²) in [5.74, 6) is 0.169. The summed E-state index contributed by atoms with van der Waals surface area (Å²) in [4.78, 5) is 25.0. The highest BCUT2D eigenvalue weighted by Gasteiger charge is 2.45. The Morgan fingerprint density at radius 2 is 1.82 bits per heavy atom. The van der Waals surface area contributed by atoms with Gasteiger partial charge >= 0.3 is 5.97 Å². The first-order chi connectivity index (χ1) is 8.02. The number of carbonyl (C=O) groups excluding carboxylic acids is 2. The van der Waals surface area contributed by atoms with Gasteiger partial charge in [0.05, 0.1) is 0 Å². The predicted molar refractivity (Wildman–Crippen MR) is 63.4 cm³/mol. The first-order valence-corrected chi connectivity index (χ1v) is 6.13. The van der Waals surface area contributed by atoms with Gasteiger partial charge in [0, 0.05) is 37.4 Å². The van der Waals surface area contributed by atoms with Crippen molar-refractivity contribution in [1.82, 2.24) is 4.90 Å². The summed E-state index contributed by atoms with van der Waals surface area (Å²) in [6.45, 7) is 6.47. The van der Waals surface area contributed by atoms with E-state index in [4.69, 9.17) is 4.74 Å². The van der Waals surface area contributed by atoms with Crippen molar-refractivity contribution in [2.75, 3.05) is 13.2 Å². The van der Waals surface area contributed by atoms with Crippen molar-refractivity contribution in [2.45, 2.75) is 32.9 Å². The van der Waals surface area contributed by atoms with Gasteiger partial charge in [0.2, 0.25) is 0 Å². The number of fused-ring (bicyclic) bond motifs is 2.